The van der Waals surface area contributed by atoms with Crippen LogP contribution in [-0.4, -0.2) is 9.97 Å². The molecule has 0 spiro atoms. The number of halogens is 1. The number of aromatic nitrogens is 2. The number of H-pyrrole nitrogens is 1. The largest absolute Gasteiger partial charge is 0.438 e. The van der Waals surface area contributed by atoms with Crippen molar-refractivity contribution in [3.8, 4) is 11.6 Å². The second kappa shape index (κ2) is 5.57. The van der Waals surface area contributed by atoms with Crippen LogP contribution in [-0.2, 0) is 0 Å². The zero-order chi connectivity index (χ0) is 14.0. The summed E-state index contributed by atoms with van der Waals surface area (Å²) < 4.78 is 6.49. The van der Waals surface area contributed by atoms with Gasteiger partial charge in [-0.25, -0.2) is 0 Å². The Morgan fingerprint density at radius 2 is 2.05 bits per heavy atom. The second-order valence-corrected chi connectivity index (χ2v) is 5.51. The fourth-order valence-corrected chi connectivity index (χ4v) is 2.15. The fourth-order valence-electron chi connectivity index (χ4n) is 1.58. The summed E-state index contributed by atoms with van der Waals surface area (Å²) in [7, 11) is 0. The summed E-state index contributed by atoms with van der Waals surface area (Å²) in [5.74, 6) is 1.69. The molecule has 5 heteroatoms. The van der Waals surface area contributed by atoms with Gasteiger partial charge in [-0.05, 0) is 40.5 Å². The van der Waals surface area contributed by atoms with E-state index in [1.807, 2.05) is 39.0 Å². The van der Waals surface area contributed by atoms with Crippen LogP contribution in [0.5, 0.6) is 11.6 Å². The normalized spacial score (nSPS) is 10.8. The number of nitrogens with one attached hydrogen (secondary N) is 1. The van der Waals surface area contributed by atoms with E-state index in [0.717, 1.165) is 10.0 Å². The minimum atomic E-state index is -0.211. The standard InChI is InChI=1S/C14H15BrN2O2/c1-8(2)14-16-12(18)7-13(17-14)19-11-5-4-9(3)6-10(11)15/h4-8H,1-3H3,(H,16,17,18). The number of ether oxygens (including phenoxy) is 1. The molecule has 19 heavy (non-hydrogen) atoms. The molecule has 100 valence electrons. The average Bonchev–Trinajstić information content (AvgIpc) is 2.32. The van der Waals surface area contributed by atoms with E-state index in [-0.39, 0.29) is 11.5 Å². The molecule has 0 aliphatic carbocycles. The number of nitrogens with zero attached hydrogens (tertiary/aromatic N) is 1. The lowest BCUT2D eigenvalue weighted by molar-refractivity contribution is 0.453. The van der Waals surface area contributed by atoms with Gasteiger partial charge in [-0.1, -0.05) is 19.9 Å². The molecule has 1 aromatic heterocycles. The Hall–Kier alpha value is -1.62. The quantitative estimate of drug-likeness (QED) is 0.936. The van der Waals surface area contributed by atoms with E-state index >= 15 is 0 Å². The number of hydrogen-bond donors (Lipinski definition) is 1. The zero-order valence-corrected chi connectivity index (χ0v) is 12.6. The first-order valence-corrected chi connectivity index (χ1v) is 6.80. The third-order valence-corrected chi connectivity index (χ3v) is 3.20. The van der Waals surface area contributed by atoms with Crippen LogP contribution in [0.4, 0.5) is 0 Å². The van der Waals surface area contributed by atoms with Crippen molar-refractivity contribution in [1.82, 2.24) is 9.97 Å². The molecule has 2 aromatic rings. The van der Waals surface area contributed by atoms with Crippen molar-refractivity contribution in [2.24, 2.45) is 0 Å². The maximum absolute atomic E-state index is 11.6. The van der Waals surface area contributed by atoms with Gasteiger partial charge in [-0.3, -0.25) is 4.79 Å². The molecular weight excluding hydrogens is 308 g/mol. The monoisotopic (exact) mass is 322 g/mol. The van der Waals surface area contributed by atoms with Crippen molar-refractivity contribution in [3.63, 3.8) is 0 Å². The molecule has 4 nitrogen and oxygen atoms in total. The van der Waals surface area contributed by atoms with Gasteiger partial charge < -0.3 is 9.72 Å². The molecule has 0 atom stereocenters. The molecule has 0 aliphatic heterocycles. The Balaban J connectivity index is 2.35. The van der Waals surface area contributed by atoms with Gasteiger partial charge in [-0.15, -0.1) is 0 Å². The lowest BCUT2D eigenvalue weighted by atomic mass is 10.2. The van der Waals surface area contributed by atoms with Gasteiger partial charge in [0.2, 0.25) is 5.88 Å². The van der Waals surface area contributed by atoms with Crippen LogP contribution in [0.25, 0.3) is 0 Å². The first-order valence-electron chi connectivity index (χ1n) is 6.01. The van der Waals surface area contributed by atoms with Crippen LogP contribution in [0.3, 0.4) is 0 Å². The SMILES string of the molecule is Cc1ccc(Oc2cc(=O)[nH]c(C(C)C)n2)c(Br)c1. The fraction of sp³-hybridized carbons (Fsp3) is 0.286. The minimum Gasteiger partial charge on any atom is -0.438 e. The molecule has 2 rings (SSSR count). The summed E-state index contributed by atoms with van der Waals surface area (Å²) >= 11 is 3.43. The summed E-state index contributed by atoms with van der Waals surface area (Å²) in [4.78, 5) is 18.5. The van der Waals surface area contributed by atoms with E-state index in [9.17, 15) is 4.79 Å². The molecule has 0 saturated carbocycles. The lowest BCUT2D eigenvalue weighted by Crippen LogP contribution is -2.12. The molecule has 1 N–H and O–H groups in total. The molecule has 1 heterocycles. The van der Waals surface area contributed by atoms with Crippen LogP contribution in [0, 0.1) is 6.92 Å². The molecule has 0 aliphatic rings. The summed E-state index contributed by atoms with van der Waals surface area (Å²) in [5, 5.41) is 0. The zero-order valence-electron chi connectivity index (χ0n) is 11.0. The summed E-state index contributed by atoms with van der Waals surface area (Å²) in [6.07, 6.45) is 0. The van der Waals surface area contributed by atoms with Gasteiger partial charge in [0.25, 0.3) is 5.56 Å². The van der Waals surface area contributed by atoms with Crippen molar-refractivity contribution < 1.29 is 4.74 Å². The Bertz CT molecular complexity index is 650. The van der Waals surface area contributed by atoms with Crippen LogP contribution < -0.4 is 10.3 Å². The highest BCUT2D eigenvalue weighted by atomic mass is 79.9. The Morgan fingerprint density at radius 3 is 2.68 bits per heavy atom. The number of aromatic amines is 1. The Morgan fingerprint density at radius 1 is 1.32 bits per heavy atom. The molecule has 0 radical (unpaired) electrons. The van der Waals surface area contributed by atoms with Gasteiger partial charge in [0.15, 0.2) is 0 Å². The first kappa shape index (κ1) is 13.8. The van der Waals surface area contributed by atoms with Crippen LogP contribution in [0.1, 0.15) is 31.2 Å². The van der Waals surface area contributed by atoms with E-state index in [2.05, 4.69) is 25.9 Å². The first-order chi connectivity index (χ1) is 8.95. The highest BCUT2D eigenvalue weighted by molar-refractivity contribution is 9.10. The van der Waals surface area contributed by atoms with Gasteiger partial charge in [0, 0.05) is 5.92 Å². The van der Waals surface area contributed by atoms with Crippen molar-refractivity contribution in [2.45, 2.75) is 26.7 Å². The molecule has 0 saturated heterocycles. The number of benzene rings is 1. The Labute approximate surface area is 120 Å². The number of hydrogen-bond acceptors (Lipinski definition) is 3. The van der Waals surface area contributed by atoms with E-state index in [4.69, 9.17) is 4.74 Å². The van der Waals surface area contributed by atoms with Crippen LogP contribution in [0.15, 0.2) is 33.5 Å². The van der Waals surface area contributed by atoms with Crippen LogP contribution in [0.2, 0.25) is 0 Å². The third-order valence-electron chi connectivity index (χ3n) is 2.59. The number of aryl methyl sites for hydroxylation is 1. The van der Waals surface area contributed by atoms with Crippen molar-refractivity contribution in [1.29, 1.82) is 0 Å². The van der Waals surface area contributed by atoms with Crippen molar-refractivity contribution in [3.05, 3.63) is 50.5 Å². The van der Waals surface area contributed by atoms with Gasteiger partial charge in [-0.2, -0.15) is 4.98 Å². The predicted molar refractivity (Wildman–Crippen MR) is 77.9 cm³/mol. The van der Waals surface area contributed by atoms with Crippen LogP contribution >= 0.6 is 15.9 Å². The minimum absolute atomic E-state index is 0.137. The lowest BCUT2D eigenvalue weighted by Gasteiger charge is -2.09. The van der Waals surface area contributed by atoms with Gasteiger partial charge in [0.05, 0.1) is 10.5 Å². The average molecular weight is 323 g/mol. The molecule has 0 unspecified atom stereocenters. The summed E-state index contributed by atoms with van der Waals surface area (Å²) in [6, 6.07) is 7.08. The van der Waals surface area contributed by atoms with Crippen molar-refractivity contribution >= 4 is 15.9 Å². The maximum Gasteiger partial charge on any atom is 0.254 e. The van der Waals surface area contributed by atoms with E-state index < -0.39 is 0 Å². The molecule has 1 aromatic carbocycles. The maximum atomic E-state index is 11.6. The summed E-state index contributed by atoms with van der Waals surface area (Å²) in [6.45, 7) is 5.92. The van der Waals surface area contributed by atoms with Gasteiger partial charge in [0.1, 0.15) is 11.6 Å². The highest BCUT2D eigenvalue weighted by Gasteiger charge is 2.08. The highest BCUT2D eigenvalue weighted by Crippen LogP contribution is 2.29. The van der Waals surface area contributed by atoms with Gasteiger partial charge >= 0.3 is 0 Å². The van der Waals surface area contributed by atoms with E-state index in [0.29, 0.717) is 17.5 Å². The smallest absolute Gasteiger partial charge is 0.254 e. The third kappa shape index (κ3) is 3.44. The summed E-state index contributed by atoms with van der Waals surface area (Å²) in [5.41, 5.74) is 0.915. The second-order valence-electron chi connectivity index (χ2n) is 4.66. The van der Waals surface area contributed by atoms with E-state index in [1.165, 1.54) is 6.07 Å². The molecular formula is C14H15BrN2O2. The predicted octanol–water partition coefficient (Wildman–Crippen LogP) is 3.76. The van der Waals surface area contributed by atoms with E-state index in [1.54, 1.807) is 0 Å². The molecule has 0 amide bonds. The Kier molecular flexibility index (Phi) is 4.04. The topological polar surface area (TPSA) is 55.0 Å². The van der Waals surface area contributed by atoms with Crippen molar-refractivity contribution in [2.75, 3.05) is 0 Å². The molecule has 0 fully saturated rings. The molecule has 0 bridgehead atoms. The number of rotatable bonds is 3.